The van der Waals surface area contributed by atoms with E-state index in [4.69, 9.17) is 0 Å². The Morgan fingerprint density at radius 2 is 1.54 bits per heavy atom. The minimum absolute atomic E-state index is 0.0147. The molecule has 2 aromatic rings. The smallest absolute Gasteiger partial charge is 0.194 e. The summed E-state index contributed by atoms with van der Waals surface area (Å²) in [5, 5.41) is 0. The fourth-order valence-electron chi connectivity index (χ4n) is 3.73. The lowest BCUT2D eigenvalue weighted by Gasteiger charge is -2.26. The lowest BCUT2D eigenvalue weighted by atomic mass is 9.83. The van der Waals surface area contributed by atoms with Gasteiger partial charge in [0.05, 0.1) is 10.5 Å². The molecule has 2 aliphatic carbocycles. The largest absolute Gasteiger partial charge is 0.289 e. The van der Waals surface area contributed by atoms with Gasteiger partial charge in [0, 0.05) is 22.3 Å². The highest BCUT2D eigenvalue weighted by molar-refractivity contribution is 7.92. The van der Waals surface area contributed by atoms with Gasteiger partial charge in [0.15, 0.2) is 21.4 Å². The number of hydrogen-bond acceptors (Lipinski definition) is 4. The molecular weight excluding hydrogens is 372 g/mol. The summed E-state index contributed by atoms with van der Waals surface area (Å²) >= 11 is 0. The molecule has 4 nitrogen and oxygen atoms in total. The number of rotatable bonds is 4. The van der Waals surface area contributed by atoms with E-state index in [1.54, 1.807) is 61.5 Å². The van der Waals surface area contributed by atoms with Gasteiger partial charge in [-0.15, -0.1) is 0 Å². The van der Waals surface area contributed by atoms with Crippen LogP contribution in [0, 0.1) is 0 Å². The molecule has 1 atom stereocenters. The average Bonchev–Trinajstić information content (AvgIpc) is 2.71. The maximum absolute atomic E-state index is 12.8. The highest BCUT2D eigenvalue weighted by Crippen LogP contribution is 2.30. The second kappa shape index (κ2) is 6.67. The third-order valence-corrected chi connectivity index (χ3v) is 8.04. The number of allylic oxidation sites excluding steroid dienone is 3. The summed E-state index contributed by atoms with van der Waals surface area (Å²) in [4.78, 5) is 25.5. The van der Waals surface area contributed by atoms with E-state index in [-0.39, 0.29) is 17.3 Å². The number of benzene rings is 2. The molecule has 142 valence electrons. The molecule has 0 saturated carbocycles. The molecule has 0 radical (unpaired) electrons. The number of ketones is 2. The van der Waals surface area contributed by atoms with E-state index in [1.807, 2.05) is 12.2 Å². The summed E-state index contributed by atoms with van der Waals surface area (Å²) in [6, 6.07) is 11.8. The van der Waals surface area contributed by atoms with Gasteiger partial charge in [-0.1, -0.05) is 60.7 Å². The van der Waals surface area contributed by atoms with E-state index in [0.29, 0.717) is 35.1 Å². The van der Waals surface area contributed by atoms with Crippen molar-refractivity contribution >= 4 is 21.4 Å². The number of sulfone groups is 1. The first-order valence-electron chi connectivity index (χ1n) is 9.20. The van der Waals surface area contributed by atoms with Gasteiger partial charge in [-0.05, 0) is 31.4 Å². The Balaban J connectivity index is 1.60. The lowest BCUT2D eigenvalue weighted by Crippen LogP contribution is -2.36. The molecule has 5 heteroatoms. The Morgan fingerprint density at radius 3 is 2.18 bits per heavy atom. The summed E-state index contributed by atoms with van der Waals surface area (Å²) in [6.07, 6.45) is 7.96. The number of carbonyl (C=O) groups is 2. The lowest BCUT2D eigenvalue weighted by molar-refractivity contribution is 0.0979. The van der Waals surface area contributed by atoms with Crippen LogP contribution in [0.2, 0.25) is 0 Å². The number of aryl methyl sites for hydroxylation is 1. The van der Waals surface area contributed by atoms with E-state index in [0.717, 1.165) is 5.56 Å². The summed E-state index contributed by atoms with van der Waals surface area (Å²) in [5.74, 6) is -0.377. The molecule has 0 fully saturated rings. The van der Waals surface area contributed by atoms with Crippen LogP contribution >= 0.6 is 0 Å². The van der Waals surface area contributed by atoms with Gasteiger partial charge in [0.25, 0.3) is 0 Å². The van der Waals surface area contributed by atoms with Gasteiger partial charge in [-0.25, -0.2) is 8.42 Å². The zero-order chi connectivity index (χ0) is 19.9. The molecule has 1 unspecified atom stereocenters. The average molecular weight is 392 g/mol. The van der Waals surface area contributed by atoms with Crippen LogP contribution in [-0.4, -0.2) is 30.5 Å². The first-order valence-corrected chi connectivity index (χ1v) is 10.9. The second-order valence-electron chi connectivity index (χ2n) is 7.46. The quantitative estimate of drug-likeness (QED) is 0.679. The SMILES string of the molecule is CC1(S(=O)(=O)CCc2ccc3c(c2)C(=O)c2ccccc2C3=O)C=CC=CC1. The zero-order valence-corrected chi connectivity index (χ0v) is 16.3. The molecular formula is C23H20O4S. The summed E-state index contributed by atoms with van der Waals surface area (Å²) < 4.78 is 24.8. The molecule has 0 N–H and O–H groups in total. The second-order valence-corrected chi connectivity index (χ2v) is 10.0. The van der Waals surface area contributed by atoms with Crippen LogP contribution in [0.4, 0.5) is 0 Å². The maximum Gasteiger partial charge on any atom is 0.194 e. The van der Waals surface area contributed by atoms with Crippen LogP contribution in [0.5, 0.6) is 0 Å². The molecule has 0 saturated heterocycles. The molecule has 0 aliphatic heterocycles. The number of fused-ring (bicyclic) bond motifs is 2. The summed E-state index contributed by atoms with van der Waals surface area (Å²) in [7, 11) is -3.37. The molecule has 2 aromatic carbocycles. The van der Waals surface area contributed by atoms with Crippen molar-refractivity contribution in [2.75, 3.05) is 5.75 Å². The van der Waals surface area contributed by atoms with Gasteiger partial charge in [-0.3, -0.25) is 9.59 Å². The van der Waals surface area contributed by atoms with Crippen molar-refractivity contribution in [1.82, 2.24) is 0 Å². The van der Waals surface area contributed by atoms with E-state index < -0.39 is 14.6 Å². The highest BCUT2D eigenvalue weighted by atomic mass is 32.2. The highest BCUT2D eigenvalue weighted by Gasteiger charge is 2.36. The molecule has 28 heavy (non-hydrogen) atoms. The number of hydrogen-bond donors (Lipinski definition) is 0. The van der Waals surface area contributed by atoms with Crippen molar-refractivity contribution in [2.45, 2.75) is 24.5 Å². The maximum atomic E-state index is 12.8. The van der Waals surface area contributed by atoms with Crippen LogP contribution in [0.15, 0.2) is 66.8 Å². The predicted octanol–water partition coefficient (Wildman–Crippen LogP) is 3.69. The monoisotopic (exact) mass is 392 g/mol. The van der Waals surface area contributed by atoms with Gasteiger partial charge in [0.2, 0.25) is 0 Å². The Bertz CT molecular complexity index is 1150. The normalized spacial score (nSPS) is 20.8. The van der Waals surface area contributed by atoms with Crippen LogP contribution in [-0.2, 0) is 16.3 Å². The molecule has 0 amide bonds. The molecule has 0 spiro atoms. The van der Waals surface area contributed by atoms with Gasteiger partial charge in [0.1, 0.15) is 0 Å². The first kappa shape index (κ1) is 18.6. The van der Waals surface area contributed by atoms with E-state index in [2.05, 4.69) is 0 Å². The van der Waals surface area contributed by atoms with Crippen molar-refractivity contribution in [3.63, 3.8) is 0 Å². The summed E-state index contributed by atoms with van der Waals surface area (Å²) in [5.41, 5.74) is 2.28. The fourth-order valence-corrected chi connectivity index (χ4v) is 5.33. The first-order chi connectivity index (χ1) is 13.3. The Labute approximate surface area is 164 Å². The van der Waals surface area contributed by atoms with Crippen molar-refractivity contribution in [1.29, 1.82) is 0 Å². The Kier molecular flexibility index (Phi) is 4.42. The van der Waals surface area contributed by atoms with Crippen LogP contribution in [0.3, 0.4) is 0 Å². The molecule has 0 bridgehead atoms. The Morgan fingerprint density at radius 1 is 0.893 bits per heavy atom. The predicted molar refractivity (Wildman–Crippen MR) is 109 cm³/mol. The van der Waals surface area contributed by atoms with Crippen LogP contribution in [0.25, 0.3) is 0 Å². The third kappa shape index (κ3) is 2.96. The Hall–Kier alpha value is -2.79. The molecule has 0 heterocycles. The van der Waals surface area contributed by atoms with Crippen molar-refractivity contribution in [3.05, 3.63) is 94.6 Å². The van der Waals surface area contributed by atoms with Gasteiger partial charge >= 0.3 is 0 Å². The van der Waals surface area contributed by atoms with E-state index >= 15 is 0 Å². The molecule has 2 aliphatic rings. The van der Waals surface area contributed by atoms with Crippen molar-refractivity contribution in [3.8, 4) is 0 Å². The standard InChI is InChI=1S/C23H20O4S/c1-23(12-5-2-6-13-23)28(26,27)14-11-16-9-10-19-20(15-16)22(25)18-8-4-3-7-17(18)21(19)24/h2-10,12,15H,11,13-14H2,1H3. The summed E-state index contributed by atoms with van der Waals surface area (Å²) in [6.45, 7) is 1.73. The molecule has 0 aromatic heterocycles. The fraction of sp³-hybridized carbons (Fsp3) is 0.217. The van der Waals surface area contributed by atoms with E-state index in [9.17, 15) is 18.0 Å². The third-order valence-electron chi connectivity index (χ3n) is 5.58. The van der Waals surface area contributed by atoms with E-state index in [1.165, 1.54) is 0 Å². The molecule has 4 rings (SSSR count). The van der Waals surface area contributed by atoms with Crippen LogP contribution in [0.1, 0.15) is 50.8 Å². The van der Waals surface area contributed by atoms with Gasteiger partial charge < -0.3 is 0 Å². The minimum Gasteiger partial charge on any atom is -0.289 e. The van der Waals surface area contributed by atoms with Crippen molar-refractivity contribution < 1.29 is 18.0 Å². The number of carbonyl (C=O) groups excluding carboxylic acids is 2. The van der Waals surface area contributed by atoms with Gasteiger partial charge in [-0.2, -0.15) is 0 Å². The zero-order valence-electron chi connectivity index (χ0n) is 15.5. The van der Waals surface area contributed by atoms with Crippen LogP contribution < -0.4 is 0 Å². The van der Waals surface area contributed by atoms with Crippen molar-refractivity contribution in [2.24, 2.45) is 0 Å². The topological polar surface area (TPSA) is 68.3 Å². The minimum atomic E-state index is -3.37.